The van der Waals surface area contributed by atoms with E-state index in [0.717, 1.165) is 41.9 Å². The molecule has 0 aromatic heterocycles. The van der Waals surface area contributed by atoms with Crippen molar-refractivity contribution < 1.29 is 14.7 Å². The summed E-state index contributed by atoms with van der Waals surface area (Å²) in [6, 6.07) is 5.90. The third-order valence-electron chi connectivity index (χ3n) is 3.28. The summed E-state index contributed by atoms with van der Waals surface area (Å²) in [6.45, 7) is 7.18. The van der Waals surface area contributed by atoms with Gasteiger partial charge in [0.25, 0.3) is 0 Å². The molecule has 1 aromatic rings. The van der Waals surface area contributed by atoms with Crippen LogP contribution in [-0.4, -0.2) is 29.7 Å². The first kappa shape index (κ1) is 14.9. The van der Waals surface area contributed by atoms with Crippen LogP contribution in [-0.2, 0) is 11.2 Å². The van der Waals surface area contributed by atoms with Crippen LogP contribution in [0, 0.1) is 0 Å². The van der Waals surface area contributed by atoms with Crippen molar-refractivity contribution in [2.75, 3.05) is 13.2 Å². The molecule has 0 saturated carbocycles. The minimum Gasteiger partial charge on any atom is -0.491 e. The zero-order valence-corrected chi connectivity index (χ0v) is 12.5. The fourth-order valence-corrected chi connectivity index (χ4v) is 2.40. The molecule has 1 N–H and O–H groups in total. The molecule has 4 nitrogen and oxygen atoms in total. The van der Waals surface area contributed by atoms with Gasteiger partial charge in [-0.25, -0.2) is 0 Å². The second-order valence-corrected chi connectivity index (χ2v) is 5.99. The van der Waals surface area contributed by atoms with E-state index in [1.165, 1.54) is 0 Å². The van der Waals surface area contributed by atoms with Crippen molar-refractivity contribution in [2.24, 2.45) is 5.16 Å². The van der Waals surface area contributed by atoms with Crippen LogP contribution in [0.1, 0.15) is 44.7 Å². The fourth-order valence-electron chi connectivity index (χ4n) is 2.40. The Hall–Kier alpha value is -1.55. The van der Waals surface area contributed by atoms with Gasteiger partial charge in [0, 0.05) is 11.1 Å². The van der Waals surface area contributed by atoms with Crippen molar-refractivity contribution in [1.29, 1.82) is 0 Å². The van der Waals surface area contributed by atoms with E-state index in [-0.39, 0.29) is 5.60 Å². The lowest BCUT2D eigenvalue weighted by molar-refractivity contribution is -0.0164. The molecule has 110 valence electrons. The molecule has 20 heavy (non-hydrogen) atoms. The number of benzene rings is 1. The predicted octanol–water partition coefficient (Wildman–Crippen LogP) is 3.40. The number of rotatable bonds is 4. The first-order valence-electron chi connectivity index (χ1n) is 7.11. The molecule has 2 rings (SSSR count). The molecule has 1 aliphatic carbocycles. The Kier molecular flexibility index (Phi) is 4.65. The lowest BCUT2D eigenvalue weighted by atomic mass is 9.89. The Morgan fingerprint density at radius 3 is 2.70 bits per heavy atom. The summed E-state index contributed by atoms with van der Waals surface area (Å²) in [5, 5.41) is 12.5. The van der Waals surface area contributed by atoms with Crippen LogP contribution in [0.15, 0.2) is 23.4 Å². The Labute approximate surface area is 120 Å². The highest BCUT2D eigenvalue weighted by Gasteiger charge is 2.19. The van der Waals surface area contributed by atoms with Crippen molar-refractivity contribution in [2.45, 2.75) is 45.6 Å². The topological polar surface area (TPSA) is 51.0 Å². The zero-order valence-electron chi connectivity index (χ0n) is 12.5. The summed E-state index contributed by atoms with van der Waals surface area (Å²) in [5.74, 6) is 0.876. The summed E-state index contributed by atoms with van der Waals surface area (Å²) in [4.78, 5) is 0. The van der Waals surface area contributed by atoms with Gasteiger partial charge in [0.15, 0.2) is 0 Å². The van der Waals surface area contributed by atoms with Gasteiger partial charge in [-0.05, 0) is 46.1 Å². The van der Waals surface area contributed by atoms with Crippen LogP contribution in [0.4, 0.5) is 0 Å². The summed E-state index contributed by atoms with van der Waals surface area (Å²) >= 11 is 0. The molecule has 0 amide bonds. The van der Waals surface area contributed by atoms with Gasteiger partial charge in [-0.15, -0.1) is 0 Å². The molecule has 0 fully saturated rings. The molecule has 0 atom stereocenters. The quantitative estimate of drug-likeness (QED) is 0.521. The van der Waals surface area contributed by atoms with Crippen molar-refractivity contribution in [3.63, 3.8) is 0 Å². The van der Waals surface area contributed by atoms with Crippen LogP contribution in [0.3, 0.4) is 0 Å². The standard InChI is InChI=1S/C16H23NO3/c1-16(2,3)20-11-10-19-15-9-5-6-12-13(15)7-4-8-14(12)17-18/h5-6,9,18H,4,7-8,10-11H2,1-3H3/b17-14+. The Bertz CT molecular complexity index is 489. The molecule has 0 aliphatic heterocycles. The van der Waals surface area contributed by atoms with Crippen molar-refractivity contribution >= 4 is 5.71 Å². The molecule has 1 aromatic carbocycles. The fraction of sp³-hybridized carbons (Fsp3) is 0.562. The first-order chi connectivity index (χ1) is 9.51. The minimum absolute atomic E-state index is 0.143. The van der Waals surface area contributed by atoms with Crippen molar-refractivity contribution in [3.05, 3.63) is 29.3 Å². The summed E-state index contributed by atoms with van der Waals surface area (Å²) < 4.78 is 11.5. The molecule has 1 aliphatic rings. The van der Waals surface area contributed by atoms with Gasteiger partial charge in [0.1, 0.15) is 12.4 Å². The van der Waals surface area contributed by atoms with E-state index in [4.69, 9.17) is 14.7 Å². The van der Waals surface area contributed by atoms with E-state index in [1.54, 1.807) is 0 Å². The number of nitrogens with zero attached hydrogens (tertiary/aromatic N) is 1. The van der Waals surface area contributed by atoms with Crippen molar-refractivity contribution in [1.82, 2.24) is 0 Å². The van der Waals surface area contributed by atoms with E-state index >= 15 is 0 Å². The Balaban J connectivity index is 2.03. The van der Waals surface area contributed by atoms with Gasteiger partial charge in [0.05, 0.1) is 17.9 Å². The molecule has 0 radical (unpaired) electrons. The number of ether oxygens (including phenoxy) is 2. The molecule has 0 spiro atoms. The maximum Gasteiger partial charge on any atom is 0.123 e. The van der Waals surface area contributed by atoms with Crippen LogP contribution in [0.25, 0.3) is 0 Å². The lowest BCUT2D eigenvalue weighted by Crippen LogP contribution is -2.23. The van der Waals surface area contributed by atoms with E-state index in [2.05, 4.69) is 5.16 Å². The maximum absolute atomic E-state index is 9.06. The normalized spacial score (nSPS) is 17.1. The van der Waals surface area contributed by atoms with Gasteiger partial charge in [-0.2, -0.15) is 0 Å². The Morgan fingerprint density at radius 2 is 2.00 bits per heavy atom. The van der Waals surface area contributed by atoms with Gasteiger partial charge in [0.2, 0.25) is 0 Å². The summed E-state index contributed by atoms with van der Waals surface area (Å²) in [6.07, 6.45) is 2.77. The highest BCUT2D eigenvalue weighted by molar-refractivity contribution is 6.02. The first-order valence-corrected chi connectivity index (χ1v) is 7.11. The van der Waals surface area contributed by atoms with E-state index < -0.39 is 0 Å². The van der Waals surface area contributed by atoms with Crippen LogP contribution in [0.2, 0.25) is 0 Å². The smallest absolute Gasteiger partial charge is 0.123 e. The molecular formula is C16H23NO3. The number of fused-ring (bicyclic) bond motifs is 1. The predicted molar refractivity (Wildman–Crippen MR) is 78.9 cm³/mol. The molecular weight excluding hydrogens is 254 g/mol. The molecule has 0 unspecified atom stereocenters. The van der Waals surface area contributed by atoms with Gasteiger partial charge < -0.3 is 14.7 Å². The highest BCUT2D eigenvalue weighted by atomic mass is 16.5. The summed E-state index contributed by atoms with van der Waals surface area (Å²) in [5.41, 5.74) is 2.76. The SMILES string of the molecule is CC(C)(C)OCCOc1cccc2c1CCC/C2=N\O. The van der Waals surface area contributed by atoms with E-state index in [0.29, 0.717) is 13.2 Å². The lowest BCUT2D eigenvalue weighted by Gasteiger charge is -2.22. The number of hydrogen-bond donors (Lipinski definition) is 1. The average Bonchev–Trinajstić information content (AvgIpc) is 2.42. The molecule has 0 saturated heterocycles. The second-order valence-electron chi connectivity index (χ2n) is 5.99. The van der Waals surface area contributed by atoms with Crippen LogP contribution in [0.5, 0.6) is 5.75 Å². The van der Waals surface area contributed by atoms with Crippen LogP contribution < -0.4 is 4.74 Å². The van der Waals surface area contributed by atoms with Crippen LogP contribution >= 0.6 is 0 Å². The largest absolute Gasteiger partial charge is 0.491 e. The Morgan fingerprint density at radius 1 is 1.20 bits per heavy atom. The summed E-state index contributed by atoms with van der Waals surface area (Å²) in [7, 11) is 0. The van der Waals surface area contributed by atoms with Gasteiger partial charge in [-0.3, -0.25) is 0 Å². The number of hydrogen-bond acceptors (Lipinski definition) is 4. The monoisotopic (exact) mass is 277 g/mol. The van der Waals surface area contributed by atoms with Crippen molar-refractivity contribution in [3.8, 4) is 5.75 Å². The third kappa shape index (κ3) is 3.73. The maximum atomic E-state index is 9.06. The van der Waals surface area contributed by atoms with Gasteiger partial charge >= 0.3 is 0 Å². The van der Waals surface area contributed by atoms with E-state index in [9.17, 15) is 0 Å². The van der Waals surface area contributed by atoms with Gasteiger partial charge in [-0.1, -0.05) is 17.3 Å². The molecule has 0 bridgehead atoms. The minimum atomic E-state index is -0.143. The highest BCUT2D eigenvalue weighted by Crippen LogP contribution is 2.29. The number of oxime groups is 1. The third-order valence-corrected chi connectivity index (χ3v) is 3.28. The molecule has 4 heteroatoms. The zero-order chi connectivity index (χ0) is 14.6. The molecule has 0 heterocycles. The van der Waals surface area contributed by atoms with E-state index in [1.807, 2.05) is 39.0 Å². The average molecular weight is 277 g/mol. The second kappa shape index (κ2) is 6.27.